The molecule has 0 bridgehead atoms. The van der Waals surface area contributed by atoms with E-state index in [0.29, 0.717) is 5.06 Å². The molecule has 27 heavy (non-hydrogen) atoms. The molecule has 1 unspecified atom stereocenters. The average molecular weight is 386 g/mol. The molecular formula is C17H26N2O8. The maximum atomic E-state index is 12.3. The van der Waals surface area contributed by atoms with Crippen LogP contribution < -0.4 is 5.32 Å². The third-order valence-electron chi connectivity index (χ3n) is 2.95. The van der Waals surface area contributed by atoms with Gasteiger partial charge in [-0.05, 0) is 41.5 Å². The molecule has 0 radical (unpaired) electrons. The predicted octanol–water partition coefficient (Wildman–Crippen LogP) is 1.22. The Morgan fingerprint density at radius 1 is 0.963 bits per heavy atom. The summed E-state index contributed by atoms with van der Waals surface area (Å²) >= 11 is 0. The van der Waals surface area contributed by atoms with Gasteiger partial charge in [0.1, 0.15) is 17.2 Å². The first-order chi connectivity index (χ1) is 12.2. The lowest BCUT2D eigenvalue weighted by Crippen LogP contribution is -2.47. The number of ether oxygens (including phenoxy) is 2. The minimum Gasteiger partial charge on any atom is -0.458 e. The van der Waals surface area contributed by atoms with Crippen LogP contribution in [0.5, 0.6) is 0 Å². The van der Waals surface area contributed by atoms with Crippen molar-refractivity contribution in [2.24, 2.45) is 0 Å². The first-order valence-electron chi connectivity index (χ1n) is 8.47. The van der Waals surface area contributed by atoms with Crippen molar-refractivity contribution >= 4 is 29.8 Å². The molecule has 10 heteroatoms. The molecule has 0 aromatic carbocycles. The van der Waals surface area contributed by atoms with Crippen LogP contribution in [0.25, 0.3) is 0 Å². The van der Waals surface area contributed by atoms with E-state index >= 15 is 0 Å². The summed E-state index contributed by atoms with van der Waals surface area (Å²) in [6, 6.07) is -1.42. The molecule has 1 N–H and O–H groups in total. The zero-order valence-electron chi connectivity index (χ0n) is 16.4. The predicted molar refractivity (Wildman–Crippen MR) is 90.8 cm³/mol. The van der Waals surface area contributed by atoms with Crippen molar-refractivity contribution in [2.75, 3.05) is 0 Å². The molecule has 1 saturated heterocycles. The van der Waals surface area contributed by atoms with Crippen molar-refractivity contribution in [3.63, 3.8) is 0 Å². The maximum absolute atomic E-state index is 12.3. The second-order valence-corrected chi connectivity index (χ2v) is 7.98. The van der Waals surface area contributed by atoms with E-state index < -0.39 is 53.5 Å². The number of esters is 1. The van der Waals surface area contributed by atoms with E-state index in [9.17, 15) is 24.0 Å². The Morgan fingerprint density at radius 2 is 1.44 bits per heavy atom. The lowest BCUT2D eigenvalue weighted by atomic mass is 10.1. The van der Waals surface area contributed by atoms with Crippen LogP contribution in [0.3, 0.4) is 0 Å². The number of amides is 3. The summed E-state index contributed by atoms with van der Waals surface area (Å²) in [6.07, 6.45) is -1.69. The van der Waals surface area contributed by atoms with Crippen LogP contribution in [-0.2, 0) is 33.5 Å². The van der Waals surface area contributed by atoms with Gasteiger partial charge in [0.25, 0.3) is 11.8 Å². The smallest absolute Gasteiger partial charge is 0.408 e. The number of hydroxylamine groups is 2. The monoisotopic (exact) mass is 386 g/mol. The number of nitrogens with one attached hydrogen (secondary N) is 1. The molecule has 0 aliphatic carbocycles. The summed E-state index contributed by atoms with van der Waals surface area (Å²) < 4.78 is 10.2. The van der Waals surface area contributed by atoms with Crippen LogP contribution in [0.2, 0.25) is 0 Å². The van der Waals surface area contributed by atoms with Crippen molar-refractivity contribution in [3.05, 3.63) is 0 Å². The molecule has 1 rings (SSSR count). The Balaban J connectivity index is 2.81. The number of nitrogens with zero attached hydrogens (tertiary/aromatic N) is 1. The van der Waals surface area contributed by atoms with Crippen molar-refractivity contribution in [3.8, 4) is 0 Å². The fourth-order valence-electron chi connectivity index (χ4n) is 1.98. The fourth-order valence-corrected chi connectivity index (χ4v) is 1.98. The molecule has 1 atom stereocenters. The average Bonchev–Trinajstić information content (AvgIpc) is 2.74. The zero-order chi connectivity index (χ0) is 21.0. The number of rotatable bonds is 5. The summed E-state index contributed by atoms with van der Waals surface area (Å²) in [7, 11) is 0. The highest BCUT2D eigenvalue weighted by Crippen LogP contribution is 2.15. The molecule has 1 aliphatic rings. The van der Waals surface area contributed by atoms with Gasteiger partial charge in [0.05, 0.1) is 6.42 Å². The Bertz CT molecular complexity index is 614. The molecule has 152 valence electrons. The van der Waals surface area contributed by atoms with Crippen LogP contribution in [0.4, 0.5) is 4.79 Å². The van der Waals surface area contributed by atoms with E-state index in [4.69, 9.17) is 14.3 Å². The Labute approximate surface area is 157 Å². The Hall–Kier alpha value is -2.65. The lowest BCUT2D eigenvalue weighted by Gasteiger charge is -2.26. The molecule has 3 amide bonds. The van der Waals surface area contributed by atoms with Crippen molar-refractivity contribution in [1.82, 2.24) is 10.4 Å². The third kappa shape index (κ3) is 8.06. The van der Waals surface area contributed by atoms with E-state index in [1.807, 2.05) is 0 Å². The van der Waals surface area contributed by atoms with Gasteiger partial charge in [-0.3, -0.25) is 9.59 Å². The highest BCUT2D eigenvalue weighted by atomic mass is 16.7. The molecule has 1 heterocycles. The number of hydrogen-bond donors (Lipinski definition) is 1. The van der Waals surface area contributed by atoms with E-state index in [1.54, 1.807) is 41.5 Å². The van der Waals surface area contributed by atoms with Gasteiger partial charge in [0.15, 0.2) is 0 Å². The van der Waals surface area contributed by atoms with Crippen LogP contribution >= 0.6 is 0 Å². The minimum absolute atomic E-state index is 0.0578. The maximum Gasteiger partial charge on any atom is 0.408 e. The van der Waals surface area contributed by atoms with E-state index in [-0.39, 0.29) is 12.8 Å². The van der Waals surface area contributed by atoms with Crippen molar-refractivity contribution < 1.29 is 38.3 Å². The quantitative estimate of drug-likeness (QED) is 0.552. The second-order valence-electron chi connectivity index (χ2n) is 7.98. The number of carbonyl (C=O) groups is 5. The second kappa shape index (κ2) is 8.36. The highest BCUT2D eigenvalue weighted by Gasteiger charge is 2.36. The molecule has 1 aliphatic heterocycles. The van der Waals surface area contributed by atoms with Gasteiger partial charge >= 0.3 is 18.0 Å². The molecule has 0 aromatic heterocycles. The van der Waals surface area contributed by atoms with Crippen LogP contribution in [0.1, 0.15) is 60.8 Å². The third-order valence-corrected chi connectivity index (χ3v) is 2.95. The van der Waals surface area contributed by atoms with Gasteiger partial charge in [-0.25, -0.2) is 14.4 Å². The van der Waals surface area contributed by atoms with Gasteiger partial charge in [-0.1, -0.05) is 0 Å². The molecule has 0 spiro atoms. The molecular weight excluding hydrogens is 360 g/mol. The van der Waals surface area contributed by atoms with Gasteiger partial charge in [-0.2, -0.15) is 0 Å². The van der Waals surface area contributed by atoms with Crippen LogP contribution in [0.15, 0.2) is 0 Å². The molecule has 0 saturated carbocycles. The summed E-state index contributed by atoms with van der Waals surface area (Å²) in [4.78, 5) is 64.1. The zero-order valence-corrected chi connectivity index (χ0v) is 16.4. The topological polar surface area (TPSA) is 128 Å². The van der Waals surface area contributed by atoms with Gasteiger partial charge in [-0.15, -0.1) is 5.06 Å². The minimum atomic E-state index is -1.42. The summed E-state index contributed by atoms with van der Waals surface area (Å²) in [5, 5.41) is 2.61. The number of imide groups is 1. The number of alkyl carbamates (subject to hydrolysis) is 1. The van der Waals surface area contributed by atoms with Crippen molar-refractivity contribution in [2.45, 2.75) is 78.0 Å². The van der Waals surface area contributed by atoms with Crippen LogP contribution in [0, 0.1) is 0 Å². The SMILES string of the molecule is CC(C)(C)OC(=O)NC(CC(=O)ON1C(=O)CCC1=O)C(=O)OC(C)(C)C. The molecule has 0 aromatic rings. The van der Waals surface area contributed by atoms with Gasteiger partial charge < -0.3 is 19.6 Å². The Morgan fingerprint density at radius 3 is 1.89 bits per heavy atom. The summed E-state index contributed by atoms with van der Waals surface area (Å²) in [5.74, 6) is -3.24. The fraction of sp³-hybridized carbons (Fsp3) is 0.706. The normalized spacial score (nSPS) is 16.0. The van der Waals surface area contributed by atoms with Crippen molar-refractivity contribution in [1.29, 1.82) is 0 Å². The standard InChI is InChI=1S/C17H26N2O8/c1-16(2,3)25-14(23)10(18-15(24)26-17(4,5)6)9-13(22)27-19-11(20)7-8-12(19)21/h10H,7-9H2,1-6H3,(H,18,24). The number of hydrogen-bond acceptors (Lipinski definition) is 8. The highest BCUT2D eigenvalue weighted by molar-refractivity contribution is 6.01. The number of carbonyl (C=O) groups excluding carboxylic acids is 5. The van der Waals surface area contributed by atoms with E-state index in [0.717, 1.165) is 0 Å². The summed E-state index contributed by atoms with van der Waals surface area (Å²) in [6.45, 7) is 9.76. The van der Waals surface area contributed by atoms with E-state index in [2.05, 4.69) is 5.32 Å². The first-order valence-corrected chi connectivity index (χ1v) is 8.47. The van der Waals surface area contributed by atoms with E-state index in [1.165, 1.54) is 0 Å². The molecule has 10 nitrogen and oxygen atoms in total. The summed E-state index contributed by atoms with van der Waals surface area (Å²) in [5.41, 5.74) is -1.69. The van der Waals surface area contributed by atoms with Crippen LogP contribution in [-0.4, -0.2) is 52.2 Å². The van der Waals surface area contributed by atoms with Gasteiger partial charge in [0.2, 0.25) is 0 Å². The largest absolute Gasteiger partial charge is 0.458 e. The molecule has 1 fully saturated rings. The first kappa shape index (κ1) is 22.4. The Kier molecular flexibility index (Phi) is 6.93. The lowest BCUT2D eigenvalue weighted by molar-refractivity contribution is -0.198. The van der Waals surface area contributed by atoms with Gasteiger partial charge in [0, 0.05) is 12.8 Å².